The molecular formula is C24H35NO3. The molecule has 3 rings (SSSR count). The van der Waals surface area contributed by atoms with Gasteiger partial charge in [-0.1, -0.05) is 57.6 Å². The Bertz CT molecular complexity index is 638. The Morgan fingerprint density at radius 2 is 1.68 bits per heavy atom. The largest absolute Gasteiger partial charge is 0.497 e. The van der Waals surface area contributed by atoms with Crippen LogP contribution in [0.2, 0.25) is 0 Å². The fourth-order valence-electron chi connectivity index (χ4n) is 3.86. The molecule has 154 valence electrons. The molecule has 0 amide bonds. The third-order valence-corrected chi connectivity index (χ3v) is 5.57. The predicted octanol–water partition coefficient (Wildman–Crippen LogP) is 5.49. The first-order valence-electron chi connectivity index (χ1n) is 10.8. The second kappa shape index (κ2) is 11.3. The van der Waals surface area contributed by atoms with Crippen LogP contribution in [0.1, 0.15) is 51.9 Å². The van der Waals surface area contributed by atoms with Crippen LogP contribution in [-0.2, 0) is 9.47 Å². The quantitative estimate of drug-likeness (QED) is 0.445. The third kappa shape index (κ3) is 6.11. The first-order valence-corrected chi connectivity index (χ1v) is 10.8. The van der Waals surface area contributed by atoms with Crippen LogP contribution in [0, 0.1) is 0 Å². The van der Waals surface area contributed by atoms with Crippen LogP contribution < -0.4 is 9.64 Å². The second-order valence-corrected chi connectivity index (χ2v) is 7.72. The Morgan fingerprint density at radius 3 is 2.43 bits per heavy atom. The van der Waals surface area contributed by atoms with Gasteiger partial charge in [-0.25, -0.2) is 0 Å². The summed E-state index contributed by atoms with van der Waals surface area (Å²) >= 11 is 0. The number of anilines is 1. The second-order valence-electron chi connectivity index (χ2n) is 7.72. The van der Waals surface area contributed by atoms with Crippen molar-refractivity contribution in [2.45, 2.75) is 64.1 Å². The maximum atomic E-state index is 5.67. The van der Waals surface area contributed by atoms with E-state index in [-0.39, 0.29) is 12.2 Å². The van der Waals surface area contributed by atoms with E-state index in [0.29, 0.717) is 6.79 Å². The number of fused-ring (bicyclic) bond motifs is 1. The van der Waals surface area contributed by atoms with E-state index < -0.39 is 0 Å². The van der Waals surface area contributed by atoms with Gasteiger partial charge in [-0.2, -0.15) is 0 Å². The van der Waals surface area contributed by atoms with E-state index in [1.54, 1.807) is 7.11 Å². The normalized spacial score (nSPS) is 20.7. The Hall–Kier alpha value is -1.78. The van der Waals surface area contributed by atoms with Gasteiger partial charge in [0.05, 0.1) is 7.11 Å². The fraction of sp³-hybridized carbons (Fsp3) is 0.583. The van der Waals surface area contributed by atoms with Gasteiger partial charge in [-0.3, -0.25) is 0 Å². The Balaban J connectivity index is 1.57. The Kier molecular flexibility index (Phi) is 8.43. The van der Waals surface area contributed by atoms with Gasteiger partial charge in [0.2, 0.25) is 0 Å². The van der Waals surface area contributed by atoms with Crippen molar-refractivity contribution in [2.75, 3.05) is 31.9 Å². The monoisotopic (exact) mass is 385 g/mol. The van der Waals surface area contributed by atoms with Crippen LogP contribution >= 0.6 is 0 Å². The molecule has 0 radical (unpaired) electrons. The topological polar surface area (TPSA) is 30.9 Å². The van der Waals surface area contributed by atoms with Crippen molar-refractivity contribution < 1.29 is 14.2 Å². The highest BCUT2D eigenvalue weighted by molar-refractivity contribution is 5.51. The highest BCUT2D eigenvalue weighted by atomic mass is 16.7. The average molecular weight is 386 g/mol. The van der Waals surface area contributed by atoms with E-state index in [9.17, 15) is 0 Å². The average Bonchev–Trinajstić information content (AvgIpc) is 3.20. The highest BCUT2D eigenvalue weighted by Crippen LogP contribution is 2.25. The molecule has 1 aliphatic carbocycles. The summed E-state index contributed by atoms with van der Waals surface area (Å²) in [7, 11) is 1.71. The molecule has 4 nitrogen and oxygen atoms in total. The van der Waals surface area contributed by atoms with Gasteiger partial charge in [0.15, 0.2) is 0 Å². The molecule has 0 aromatic heterocycles. The van der Waals surface area contributed by atoms with E-state index in [1.165, 1.54) is 56.2 Å². The summed E-state index contributed by atoms with van der Waals surface area (Å²) in [4.78, 5) is 2.47. The molecule has 0 bridgehead atoms. The van der Waals surface area contributed by atoms with Crippen LogP contribution in [0.15, 0.2) is 48.1 Å². The molecule has 1 saturated heterocycles. The van der Waals surface area contributed by atoms with E-state index >= 15 is 0 Å². The van der Waals surface area contributed by atoms with Crippen molar-refractivity contribution >= 4 is 5.69 Å². The zero-order valence-electron chi connectivity index (χ0n) is 17.4. The summed E-state index contributed by atoms with van der Waals surface area (Å²) in [5.74, 6) is 0.899. The minimum Gasteiger partial charge on any atom is -0.497 e. The molecule has 1 aromatic carbocycles. The smallest absolute Gasteiger partial charge is 0.148 e. The van der Waals surface area contributed by atoms with E-state index in [2.05, 4.69) is 42.2 Å². The predicted molar refractivity (Wildman–Crippen MR) is 115 cm³/mol. The van der Waals surface area contributed by atoms with Gasteiger partial charge < -0.3 is 19.1 Å². The Labute approximate surface area is 170 Å². The minimum absolute atomic E-state index is 0.0660. The van der Waals surface area contributed by atoms with Crippen molar-refractivity contribution in [2.24, 2.45) is 0 Å². The lowest BCUT2D eigenvalue weighted by atomic mass is 10.0. The SMILES string of the molecule is CCCCCCCCCN(CC1=CC2OCOC2C=C1)c1ccc(OC)cc1. The molecule has 0 spiro atoms. The molecule has 0 N–H and O–H groups in total. The van der Waals surface area contributed by atoms with E-state index in [4.69, 9.17) is 14.2 Å². The lowest BCUT2D eigenvalue weighted by Crippen LogP contribution is -2.29. The van der Waals surface area contributed by atoms with Crippen LogP contribution in [0.4, 0.5) is 5.69 Å². The summed E-state index contributed by atoms with van der Waals surface area (Å²) in [6, 6.07) is 8.40. The van der Waals surface area contributed by atoms with Gasteiger partial charge in [-0.15, -0.1) is 0 Å². The molecule has 0 saturated carbocycles. The highest BCUT2D eigenvalue weighted by Gasteiger charge is 2.28. The van der Waals surface area contributed by atoms with Crippen LogP contribution in [0.25, 0.3) is 0 Å². The first-order chi connectivity index (χ1) is 13.8. The number of hydrogen-bond donors (Lipinski definition) is 0. The molecule has 2 aliphatic rings. The zero-order chi connectivity index (χ0) is 19.6. The van der Waals surface area contributed by atoms with Gasteiger partial charge in [0.25, 0.3) is 0 Å². The molecule has 1 aromatic rings. The lowest BCUT2D eigenvalue weighted by molar-refractivity contribution is 0.0503. The maximum absolute atomic E-state index is 5.67. The van der Waals surface area contributed by atoms with Gasteiger partial charge >= 0.3 is 0 Å². The van der Waals surface area contributed by atoms with Crippen molar-refractivity contribution in [3.63, 3.8) is 0 Å². The van der Waals surface area contributed by atoms with Crippen LogP contribution in [0.5, 0.6) is 5.75 Å². The van der Waals surface area contributed by atoms with E-state index in [0.717, 1.165) is 18.8 Å². The zero-order valence-corrected chi connectivity index (χ0v) is 17.4. The lowest BCUT2D eigenvalue weighted by Gasteiger charge is -2.27. The summed E-state index contributed by atoms with van der Waals surface area (Å²) in [6.45, 7) is 4.62. The maximum Gasteiger partial charge on any atom is 0.148 e. The van der Waals surface area contributed by atoms with Gasteiger partial charge in [0, 0.05) is 18.8 Å². The molecule has 2 atom stereocenters. The van der Waals surface area contributed by atoms with Crippen molar-refractivity contribution in [3.8, 4) is 5.75 Å². The third-order valence-electron chi connectivity index (χ3n) is 5.57. The van der Waals surface area contributed by atoms with Crippen molar-refractivity contribution in [1.29, 1.82) is 0 Å². The molecule has 4 heteroatoms. The number of unbranched alkanes of at least 4 members (excludes halogenated alkanes) is 6. The van der Waals surface area contributed by atoms with Crippen LogP contribution in [0.3, 0.4) is 0 Å². The minimum atomic E-state index is 0.0660. The van der Waals surface area contributed by atoms with Crippen molar-refractivity contribution in [3.05, 3.63) is 48.1 Å². The molecule has 1 aliphatic heterocycles. The number of rotatable bonds is 12. The number of nitrogens with zero attached hydrogens (tertiary/aromatic N) is 1. The summed E-state index contributed by atoms with van der Waals surface area (Å²) in [5.41, 5.74) is 2.54. The van der Waals surface area contributed by atoms with E-state index in [1.807, 2.05) is 12.1 Å². The number of methoxy groups -OCH3 is 1. The molecule has 1 heterocycles. The number of benzene rings is 1. The first kappa shape index (κ1) is 20.9. The standard InChI is InChI=1S/C24H35NO3/c1-3-4-5-6-7-8-9-16-25(21-11-13-22(26-2)14-12-21)18-20-10-15-23-24(17-20)28-19-27-23/h10-15,17,23-24H,3-9,16,18-19H2,1-2H3. The molecule has 1 fully saturated rings. The Morgan fingerprint density at radius 1 is 0.964 bits per heavy atom. The molecule has 2 unspecified atom stereocenters. The molecule has 28 heavy (non-hydrogen) atoms. The number of hydrogen-bond acceptors (Lipinski definition) is 4. The van der Waals surface area contributed by atoms with Gasteiger partial charge in [-0.05, 0) is 42.3 Å². The summed E-state index contributed by atoms with van der Waals surface area (Å²) < 4.78 is 16.5. The van der Waals surface area contributed by atoms with Crippen LogP contribution in [-0.4, -0.2) is 39.2 Å². The number of ether oxygens (including phenoxy) is 3. The van der Waals surface area contributed by atoms with Crippen molar-refractivity contribution in [1.82, 2.24) is 0 Å². The fourth-order valence-corrected chi connectivity index (χ4v) is 3.86. The molecular weight excluding hydrogens is 350 g/mol. The summed E-state index contributed by atoms with van der Waals surface area (Å²) in [5, 5.41) is 0. The van der Waals surface area contributed by atoms with Gasteiger partial charge in [0.1, 0.15) is 24.8 Å². The summed E-state index contributed by atoms with van der Waals surface area (Å²) in [6.07, 6.45) is 16.0.